The molecule has 2 N–H and O–H groups in total. The van der Waals surface area contributed by atoms with Crippen LogP contribution in [0.5, 0.6) is 0 Å². The number of alkyl halides is 3. The minimum absolute atomic E-state index is 0.0294. The zero-order valence-electron chi connectivity index (χ0n) is 11.1. The van der Waals surface area contributed by atoms with E-state index in [1.807, 2.05) is 0 Å². The molecule has 0 amide bonds. The molecule has 0 saturated heterocycles. The van der Waals surface area contributed by atoms with Gasteiger partial charge in [-0.25, -0.2) is 0 Å². The number of halogens is 3. The highest BCUT2D eigenvalue weighted by Gasteiger charge is 2.30. The number of carbonyl (C=O) groups is 1. The van der Waals surface area contributed by atoms with Crippen LogP contribution in [-0.4, -0.2) is 30.8 Å². The molecule has 0 heterocycles. The number of nitrogens with one attached hydrogen (secondary N) is 1. The van der Waals surface area contributed by atoms with Crippen molar-refractivity contribution >= 4 is 5.97 Å². The van der Waals surface area contributed by atoms with Gasteiger partial charge in [-0.3, -0.25) is 4.79 Å². The van der Waals surface area contributed by atoms with Crippen LogP contribution in [0.1, 0.15) is 24.2 Å². The van der Waals surface area contributed by atoms with Gasteiger partial charge in [-0.05, 0) is 24.6 Å². The molecule has 0 radical (unpaired) electrons. The van der Waals surface area contributed by atoms with Crippen molar-refractivity contribution in [1.82, 2.24) is 5.32 Å². The van der Waals surface area contributed by atoms with E-state index in [1.54, 1.807) is 6.92 Å². The largest absolute Gasteiger partial charge is 0.468 e. The van der Waals surface area contributed by atoms with Crippen molar-refractivity contribution in [3.05, 3.63) is 35.4 Å². The zero-order chi connectivity index (χ0) is 15.3. The van der Waals surface area contributed by atoms with Crippen LogP contribution in [0.4, 0.5) is 13.2 Å². The van der Waals surface area contributed by atoms with Gasteiger partial charge in [0.2, 0.25) is 0 Å². The van der Waals surface area contributed by atoms with Crippen LogP contribution >= 0.6 is 0 Å². The molecule has 0 aliphatic heterocycles. The number of rotatable bonds is 5. The van der Waals surface area contributed by atoms with Gasteiger partial charge in [0.1, 0.15) is 6.04 Å². The molecular formula is C13H16F3NO3. The number of aliphatic hydroxyl groups is 1. The number of aliphatic hydroxyl groups excluding tert-OH is 1. The molecule has 2 unspecified atom stereocenters. The molecule has 1 aromatic carbocycles. The quantitative estimate of drug-likeness (QED) is 0.813. The molecule has 4 nitrogen and oxygen atoms in total. The summed E-state index contributed by atoms with van der Waals surface area (Å²) >= 11 is 0. The van der Waals surface area contributed by atoms with Gasteiger partial charge in [-0.2, -0.15) is 13.2 Å². The van der Waals surface area contributed by atoms with E-state index in [0.29, 0.717) is 5.56 Å². The Kier molecular flexibility index (Phi) is 5.52. The maximum atomic E-state index is 12.4. The molecule has 0 spiro atoms. The third-order valence-corrected chi connectivity index (χ3v) is 2.79. The smallest absolute Gasteiger partial charge is 0.416 e. The first kappa shape index (κ1) is 16.5. The van der Waals surface area contributed by atoms with E-state index >= 15 is 0 Å². The normalized spacial score (nSPS) is 14.7. The van der Waals surface area contributed by atoms with Crippen LogP contribution in [0.2, 0.25) is 0 Å². The Hall–Kier alpha value is -1.60. The fourth-order valence-corrected chi connectivity index (χ4v) is 1.56. The zero-order valence-corrected chi connectivity index (χ0v) is 11.1. The molecule has 0 aromatic heterocycles. The standard InChI is InChI=1S/C13H16F3NO3/c1-8(12(19)20-2)17-7-11(18)9-3-5-10(6-4-9)13(14,15)16/h3-6,8,11,17-18H,7H2,1-2H3. The van der Waals surface area contributed by atoms with Crippen LogP contribution < -0.4 is 5.32 Å². The minimum atomic E-state index is -4.40. The Morgan fingerprint density at radius 1 is 1.35 bits per heavy atom. The second-order valence-electron chi connectivity index (χ2n) is 4.29. The van der Waals surface area contributed by atoms with Gasteiger partial charge >= 0.3 is 12.1 Å². The average Bonchev–Trinajstić information content (AvgIpc) is 2.42. The summed E-state index contributed by atoms with van der Waals surface area (Å²) < 4.78 is 41.6. The van der Waals surface area contributed by atoms with Gasteiger partial charge in [-0.1, -0.05) is 12.1 Å². The van der Waals surface area contributed by atoms with E-state index < -0.39 is 29.9 Å². The number of benzene rings is 1. The van der Waals surface area contributed by atoms with Crippen molar-refractivity contribution in [2.75, 3.05) is 13.7 Å². The molecule has 0 aliphatic rings. The lowest BCUT2D eigenvalue weighted by atomic mass is 10.1. The molecule has 112 valence electrons. The van der Waals surface area contributed by atoms with Crippen molar-refractivity contribution in [2.24, 2.45) is 0 Å². The van der Waals surface area contributed by atoms with Crippen LogP contribution in [-0.2, 0) is 15.7 Å². The highest BCUT2D eigenvalue weighted by molar-refractivity contribution is 5.75. The summed E-state index contributed by atoms with van der Waals surface area (Å²) in [6.45, 7) is 1.59. The predicted molar refractivity (Wildman–Crippen MR) is 65.9 cm³/mol. The Morgan fingerprint density at radius 3 is 2.35 bits per heavy atom. The SMILES string of the molecule is COC(=O)C(C)NCC(O)c1ccc(C(F)(F)F)cc1. The van der Waals surface area contributed by atoms with Gasteiger partial charge in [0.25, 0.3) is 0 Å². The summed E-state index contributed by atoms with van der Waals surface area (Å²) in [5.74, 6) is -0.482. The predicted octanol–water partition coefficient (Wildman–Crippen LogP) is 1.89. The molecule has 1 aromatic rings. The third-order valence-electron chi connectivity index (χ3n) is 2.79. The number of carbonyl (C=O) groups excluding carboxylic acids is 1. The molecule has 2 atom stereocenters. The first-order chi connectivity index (χ1) is 9.25. The van der Waals surface area contributed by atoms with E-state index in [-0.39, 0.29) is 6.54 Å². The lowest BCUT2D eigenvalue weighted by Crippen LogP contribution is -2.37. The lowest BCUT2D eigenvalue weighted by molar-refractivity contribution is -0.142. The fraction of sp³-hybridized carbons (Fsp3) is 0.462. The molecule has 20 heavy (non-hydrogen) atoms. The van der Waals surface area contributed by atoms with E-state index in [0.717, 1.165) is 12.1 Å². The van der Waals surface area contributed by atoms with Gasteiger partial charge in [0, 0.05) is 6.54 Å². The number of ether oxygens (including phenoxy) is 1. The molecule has 0 aliphatic carbocycles. The Labute approximate surface area is 114 Å². The molecule has 1 rings (SSSR count). The third kappa shape index (κ3) is 4.50. The number of hydrogen-bond acceptors (Lipinski definition) is 4. The van der Waals surface area contributed by atoms with Crippen LogP contribution in [0, 0.1) is 0 Å². The van der Waals surface area contributed by atoms with Crippen LogP contribution in [0.3, 0.4) is 0 Å². The maximum absolute atomic E-state index is 12.4. The Morgan fingerprint density at radius 2 is 1.90 bits per heavy atom. The van der Waals surface area contributed by atoms with Crippen molar-refractivity contribution in [2.45, 2.75) is 25.2 Å². The van der Waals surface area contributed by atoms with E-state index in [2.05, 4.69) is 10.1 Å². The number of methoxy groups -OCH3 is 1. The Balaban J connectivity index is 2.60. The van der Waals surface area contributed by atoms with Crippen molar-refractivity contribution in [3.63, 3.8) is 0 Å². The molecule has 0 bridgehead atoms. The molecular weight excluding hydrogens is 275 g/mol. The summed E-state index contributed by atoms with van der Waals surface area (Å²) in [5, 5.41) is 12.6. The topological polar surface area (TPSA) is 58.6 Å². The average molecular weight is 291 g/mol. The van der Waals surface area contributed by atoms with Crippen LogP contribution in [0.15, 0.2) is 24.3 Å². The van der Waals surface area contributed by atoms with Gasteiger partial charge in [0.05, 0.1) is 18.8 Å². The maximum Gasteiger partial charge on any atom is 0.416 e. The van der Waals surface area contributed by atoms with Gasteiger partial charge < -0.3 is 15.2 Å². The first-order valence-electron chi connectivity index (χ1n) is 5.92. The summed E-state index contributed by atoms with van der Waals surface area (Å²) in [4.78, 5) is 11.1. The Bertz CT molecular complexity index is 445. The summed E-state index contributed by atoms with van der Waals surface area (Å²) in [7, 11) is 1.24. The molecule has 7 heteroatoms. The second kappa shape index (κ2) is 6.71. The fourth-order valence-electron chi connectivity index (χ4n) is 1.56. The van der Waals surface area contributed by atoms with Crippen LogP contribution in [0.25, 0.3) is 0 Å². The highest BCUT2D eigenvalue weighted by Crippen LogP contribution is 2.29. The van der Waals surface area contributed by atoms with E-state index in [4.69, 9.17) is 0 Å². The monoisotopic (exact) mass is 291 g/mol. The van der Waals surface area contributed by atoms with E-state index in [1.165, 1.54) is 19.2 Å². The lowest BCUT2D eigenvalue weighted by Gasteiger charge is -2.16. The van der Waals surface area contributed by atoms with Crippen molar-refractivity contribution in [3.8, 4) is 0 Å². The van der Waals surface area contributed by atoms with Crippen molar-refractivity contribution in [1.29, 1.82) is 0 Å². The van der Waals surface area contributed by atoms with E-state index in [9.17, 15) is 23.1 Å². The van der Waals surface area contributed by atoms with Crippen molar-refractivity contribution < 1.29 is 27.8 Å². The summed E-state index contributed by atoms with van der Waals surface area (Å²) in [5.41, 5.74) is -0.438. The second-order valence-corrected chi connectivity index (χ2v) is 4.29. The molecule has 0 fully saturated rings. The number of hydrogen-bond donors (Lipinski definition) is 2. The summed E-state index contributed by atoms with van der Waals surface area (Å²) in [6, 6.07) is 3.62. The molecule has 0 saturated carbocycles. The summed E-state index contributed by atoms with van der Waals surface area (Å²) in [6.07, 6.45) is -5.41. The highest BCUT2D eigenvalue weighted by atomic mass is 19.4. The minimum Gasteiger partial charge on any atom is -0.468 e. The van der Waals surface area contributed by atoms with Gasteiger partial charge in [0.15, 0.2) is 0 Å². The first-order valence-corrected chi connectivity index (χ1v) is 5.92. The van der Waals surface area contributed by atoms with Gasteiger partial charge in [-0.15, -0.1) is 0 Å². The number of esters is 1.